The van der Waals surface area contributed by atoms with Gasteiger partial charge >= 0.3 is 0 Å². The Kier molecular flexibility index (Phi) is 2.31. The van der Waals surface area contributed by atoms with E-state index in [-0.39, 0.29) is 11.5 Å². The van der Waals surface area contributed by atoms with Crippen molar-refractivity contribution in [1.82, 2.24) is 9.38 Å². The number of imidazole rings is 1. The first kappa shape index (κ1) is 10.9. The van der Waals surface area contributed by atoms with Crippen LogP contribution in [0.5, 0.6) is 11.5 Å². The molecular weight excluding hydrogens is 352 g/mol. The Balaban J connectivity index is 2.60. The smallest absolute Gasteiger partial charge is 0.181 e. The first-order valence-corrected chi connectivity index (χ1v) is 6.35. The molecule has 1 aromatic carbocycles. The summed E-state index contributed by atoms with van der Waals surface area (Å²) in [4.78, 5) is 4.32. The predicted octanol–water partition coefficient (Wildman–Crippen LogP) is 3.42. The molecule has 17 heavy (non-hydrogen) atoms. The highest BCUT2D eigenvalue weighted by Gasteiger charge is 2.14. The lowest BCUT2D eigenvalue weighted by Crippen LogP contribution is -1.85. The minimum absolute atomic E-state index is 0.0788. The Morgan fingerprint density at radius 2 is 1.88 bits per heavy atom. The first-order valence-electron chi connectivity index (χ1n) is 4.76. The van der Waals surface area contributed by atoms with E-state index in [1.807, 2.05) is 0 Å². The van der Waals surface area contributed by atoms with Crippen molar-refractivity contribution in [2.45, 2.75) is 0 Å². The third-order valence-corrected chi connectivity index (χ3v) is 4.00. The Bertz CT molecular complexity index is 752. The molecular formula is C11H6Br2N2O2. The Morgan fingerprint density at radius 1 is 1.12 bits per heavy atom. The van der Waals surface area contributed by atoms with Crippen molar-refractivity contribution in [2.75, 3.05) is 0 Å². The van der Waals surface area contributed by atoms with Crippen molar-refractivity contribution in [3.05, 3.63) is 33.3 Å². The lowest BCUT2D eigenvalue weighted by Gasteiger charge is -2.01. The van der Waals surface area contributed by atoms with Crippen LogP contribution in [0.1, 0.15) is 0 Å². The van der Waals surface area contributed by atoms with Crippen LogP contribution in [0.2, 0.25) is 0 Å². The topological polar surface area (TPSA) is 57.8 Å². The SMILES string of the molecule is Oc1ccc2nc3c(O)c(Br)ccn3c2c1Br. The Morgan fingerprint density at radius 3 is 2.65 bits per heavy atom. The minimum Gasteiger partial charge on any atom is -0.507 e. The summed E-state index contributed by atoms with van der Waals surface area (Å²) in [5, 5.41) is 19.6. The maximum atomic E-state index is 9.91. The molecule has 4 nitrogen and oxygen atoms in total. The lowest BCUT2D eigenvalue weighted by atomic mass is 10.3. The summed E-state index contributed by atoms with van der Waals surface area (Å²) in [6.45, 7) is 0. The van der Waals surface area contributed by atoms with Gasteiger partial charge in [-0.05, 0) is 50.1 Å². The molecule has 0 aliphatic carbocycles. The third kappa shape index (κ3) is 1.44. The second-order valence-corrected chi connectivity index (χ2v) is 5.23. The highest BCUT2D eigenvalue weighted by molar-refractivity contribution is 9.11. The van der Waals surface area contributed by atoms with Gasteiger partial charge in [0.1, 0.15) is 5.75 Å². The van der Waals surface area contributed by atoms with Crippen LogP contribution in [0, 0.1) is 0 Å². The molecule has 0 aliphatic rings. The molecule has 0 saturated heterocycles. The summed E-state index contributed by atoms with van der Waals surface area (Å²) in [5.74, 6) is 0.219. The Labute approximate surface area is 113 Å². The quantitative estimate of drug-likeness (QED) is 0.648. The number of nitrogens with zero attached hydrogens (tertiary/aromatic N) is 2. The van der Waals surface area contributed by atoms with E-state index in [1.54, 1.807) is 28.8 Å². The van der Waals surface area contributed by atoms with Crippen LogP contribution in [0.25, 0.3) is 16.7 Å². The van der Waals surface area contributed by atoms with Gasteiger partial charge in [0.2, 0.25) is 0 Å². The maximum absolute atomic E-state index is 9.91. The fourth-order valence-electron chi connectivity index (χ4n) is 1.77. The van der Waals surface area contributed by atoms with Gasteiger partial charge in [-0.2, -0.15) is 0 Å². The van der Waals surface area contributed by atoms with Crippen molar-refractivity contribution < 1.29 is 10.2 Å². The van der Waals surface area contributed by atoms with E-state index >= 15 is 0 Å². The zero-order chi connectivity index (χ0) is 12.2. The van der Waals surface area contributed by atoms with Crippen LogP contribution in [-0.4, -0.2) is 19.6 Å². The van der Waals surface area contributed by atoms with E-state index in [4.69, 9.17) is 0 Å². The molecule has 0 fully saturated rings. The largest absolute Gasteiger partial charge is 0.507 e. The molecule has 2 heterocycles. The number of pyridine rings is 1. The molecule has 6 heteroatoms. The molecule has 86 valence electrons. The number of hydrogen-bond acceptors (Lipinski definition) is 3. The average Bonchev–Trinajstić information content (AvgIpc) is 2.69. The number of halogens is 2. The molecule has 0 radical (unpaired) electrons. The van der Waals surface area contributed by atoms with E-state index in [0.29, 0.717) is 20.1 Å². The summed E-state index contributed by atoms with van der Waals surface area (Å²) in [5.41, 5.74) is 1.87. The van der Waals surface area contributed by atoms with E-state index in [0.717, 1.165) is 5.52 Å². The number of phenolic OH excluding ortho intramolecular Hbond substituents is 1. The van der Waals surface area contributed by atoms with Gasteiger partial charge in [-0.1, -0.05) is 0 Å². The van der Waals surface area contributed by atoms with Crippen LogP contribution >= 0.6 is 31.9 Å². The molecule has 2 N–H and O–H groups in total. The van der Waals surface area contributed by atoms with Crippen molar-refractivity contribution in [2.24, 2.45) is 0 Å². The van der Waals surface area contributed by atoms with Crippen molar-refractivity contribution in [3.8, 4) is 11.5 Å². The molecule has 3 aromatic rings. The van der Waals surface area contributed by atoms with Crippen LogP contribution < -0.4 is 0 Å². The fraction of sp³-hybridized carbons (Fsp3) is 0. The first-order chi connectivity index (χ1) is 8.09. The van der Waals surface area contributed by atoms with Crippen LogP contribution in [0.4, 0.5) is 0 Å². The summed E-state index contributed by atoms with van der Waals surface area (Å²) >= 11 is 6.56. The van der Waals surface area contributed by atoms with E-state index in [9.17, 15) is 10.2 Å². The molecule has 2 aromatic heterocycles. The van der Waals surface area contributed by atoms with Gasteiger partial charge in [0.05, 0.1) is 20.0 Å². The predicted molar refractivity (Wildman–Crippen MR) is 71.4 cm³/mol. The van der Waals surface area contributed by atoms with E-state index in [2.05, 4.69) is 36.8 Å². The van der Waals surface area contributed by atoms with Gasteiger partial charge in [0.15, 0.2) is 11.4 Å². The number of aromatic nitrogens is 2. The number of aromatic hydroxyl groups is 2. The molecule has 3 rings (SSSR count). The zero-order valence-corrected chi connectivity index (χ0v) is 11.5. The normalized spacial score (nSPS) is 11.4. The second-order valence-electron chi connectivity index (χ2n) is 3.58. The van der Waals surface area contributed by atoms with Crippen molar-refractivity contribution >= 4 is 48.5 Å². The molecule has 0 atom stereocenters. The van der Waals surface area contributed by atoms with E-state index < -0.39 is 0 Å². The number of hydrogen-bond donors (Lipinski definition) is 2. The highest BCUT2D eigenvalue weighted by Crippen LogP contribution is 2.36. The van der Waals surface area contributed by atoms with Gasteiger partial charge in [0, 0.05) is 6.20 Å². The van der Waals surface area contributed by atoms with Gasteiger partial charge in [-0.15, -0.1) is 0 Å². The third-order valence-electron chi connectivity index (χ3n) is 2.58. The number of phenols is 1. The van der Waals surface area contributed by atoms with Gasteiger partial charge in [-0.3, -0.25) is 4.40 Å². The number of benzene rings is 1. The van der Waals surface area contributed by atoms with Crippen LogP contribution in [0.3, 0.4) is 0 Å². The lowest BCUT2D eigenvalue weighted by molar-refractivity contribution is 0.472. The summed E-state index contributed by atoms with van der Waals surface area (Å²) in [7, 11) is 0. The van der Waals surface area contributed by atoms with Gasteiger partial charge in [0.25, 0.3) is 0 Å². The van der Waals surface area contributed by atoms with E-state index in [1.165, 1.54) is 0 Å². The summed E-state index contributed by atoms with van der Waals surface area (Å²) in [6, 6.07) is 4.99. The van der Waals surface area contributed by atoms with Crippen LogP contribution in [0.15, 0.2) is 33.3 Å². The highest BCUT2D eigenvalue weighted by atomic mass is 79.9. The number of rotatable bonds is 0. The monoisotopic (exact) mass is 356 g/mol. The minimum atomic E-state index is 0.0788. The van der Waals surface area contributed by atoms with Crippen LogP contribution in [-0.2, 0) is 0 Å². The molecule has 0 aliphatic heterocycles. The van der Waals surface area contributed by atoms with Gasteiger partial charge in [-0.25, -0.2) is 4.98 Å². The average molecular weight is 358 g/mol. The Hall–Kier alpha value is -1.27. The number of fused-ring (bicyclic) bond motifs is 3. The van der Waals surface area contributed by atoms with Gasteiger partial charge < -0.3 is 10.2 Å². The molecule has 0 spiro atoms. The molecule has 0 saturated carbocycles. The standard InChI is InChI=1S/C11H6Br2N2O2/c12-5-3-4-15-9-6(14-11(15)10(5)17)1-2-7(16)8(9)13/h1-4,16-17H. The van der Waals surface area contributed by atoms with Crippen molar-refractivity contribution in [3.63, 3.8) is 0 Å². The molecule has 0 bridgehead atoms. The molecule has 0 amide bonds. The summed E-state index contributed by atoms with van der Waals surface area (Å²) in [6.07, 6.45) is 1.78. The zero-order valence-electron chi connectivity index (χ0n) is 8.35. The second kappa shape index (κ2) is 3.61. The molecule has 0 unspecified atom stereocenters. The summed E-state index contributed by atoms with van der Waals surface area (Å²) < 4.78 is 2.86. The van der Waals surface area contributed by atoms with Crippen molar-refractivity contribution in [1.29, 1.82) is 0 Å². The fourth-order valence-corrected chi connectivity index (χ4v) is 2.60. The maximum Gasteiger partial charge on any atom is 0.181 e.